The first-order valence-electron chi connectivity index (χ1n) is 5.89. The van der Waals surface area contributed by atoms with Crippen molar-refractivity contribution in [2.75, 3.05) is 0 Å². The Morgan fingerprint density at radius 3 is 2.89 bits per heavy atom. The molecule has 0 bridgehead atoms. The molecular weight excluding hydrogens is 295 g/mol. The average Bonchev–Trinajstić information content (AvgIpc) is 2.71. The Labute approximate surface area is 115 Å². The van der Waals surface area contributed by atoms with Crippen LogP contribution in [0.5, 0.6) is 0 Å². The van der Waals surface area contributed by atoms with E-state index in [0.29, 0.717) is 11.0 Å². The van der Waals surface area contributed by atoms with Crippen molar-refractivity contribution < 1.29 is 4.39 Å². The van der Waals surface area contributed by atoms with Gasteiger partial charge in [0.05, 0.1) is 4.47 Å². The maximum absolute atomic E-state index is 13.4. The van der Waals surface area contributed by atoms with E-state index in [9.17, 15) is 4.39 Å². The minimum Gasteiger partial charge on any atom is -0.350 e. The number of rotatable bonds is 4. The molecule has 0 saturated heterocycles. The maximum atomic E-state index is 13.4. The van der Waals surface area contributed by atoms with Crippen molar-refractivity contribution in [3.8, 4) is 0 Å². The number of halogens is 2. The largest absolute Gasteiger partial charge is 0.350 e. The summed E-state index contributed by atoms with van der Waals surface area (Å²) in [4.78, 5) is 0. The lowest BCUT2D eigenvalue weighted by Gasteiger charge is -2.07. The monoisotopic (exact) mass is 310 g/mol. The molecule has 0 aliphatic heterocycles. The first-order valence-corrected chi connectivity index (χ1v) is 6.68. The molecule has 0 saturated carbocycles. The van der Waals surface area contributed by atoms with Gasteiger partial charge in [-0.1, -0.05) is 12.1 Å². The Hall–Kier alpha value is -1.13. The molecule has 2 aromatic rings. The molecule has 1 heterocycles. The van der Waals surface area contributed by atoms with Crippen LogP contribution in [0, 0.1) is 5.82 Å². The Kier molecular flexibility index (Phi) is 4.19. The van der Waals surface area contributed by atoms with Gasteiger partial charge in [0.15, 0.2) is 0 Å². The molecular formula is C14H16BrFN2. The molecule has 18 heavy (non-hydrogen) atoms. The van der Waals surface area contributed by atoms with Crippen LogP contribution in [0.15, 0.2) is 41.1 Å². The molecule has 0 spiro atoms. The summed E-state index contributed by atoms with van der Waals surface area (Å²) in [6.45, 7) is 2.64. The molecule has 0 aliphatic rings. The zero-order valence-corrected chi connectivity index (χ0v) is 11.8. The molecule has 1 atom stereocenters. The number of nitrogens with zero attached hydrogens (tertiary/aromatic N) is 1. The predicted octanol–water partition coefficient (Wildman–Crippen LogP) is 3.33. The van der Waals surface area contributed by atoms with Crippen molar-refractivity contribution >= 4 is 15.9 Å². The van der Waals surface area contributed by atoms with E-state index in [0.717, 1.165) is 12.0 Å². The summed E-state index contributed by atoms with van der Waals surface area (Å²) >= 11 is 3.28. The highest BCUT2D eigenvalue weighted by Gasteiger charge is 2.06. The van der Waals surface area contributed by atoms with E-state index in [1.54, 1.807) is 6.07 Å². The summed E-state index contributed by atoms with van der Waals surface area (Å²) in [7, 11) is 0. The summed E-state index contributed by atoms with van der Waals surface area (Å²) in [5.74, 6) is -0.226. The molecule has 96 valence electrons. The van der Waals surface area contributed by atoms with Gasteiger partial charge < -0.3 is 10.3 Å². The minimum atomic E-state index is -0.226. The van der Waals surface area contributed by atoms with Crippen molar-refractivity contribution in [3.05, 3.63) is 58.1 Å². The SMILES string of the molecule is CC(N)Cc1ccn(Cc2cccc(F)c2Br)c1. The van der Waals surface area contributed by atoms with Gasteiger partial charge in [-0.25, -0.2) is 4.39 Å². The third-order valence-corrected chi connectivity index (χ3v) is 3.64. The molecule has 1 aromatic heterocycles. The van der Waals surface area contributed by atoms with E-state index >= 15 is 0 Å². The normalized spacial score (nSPS) is 12.7. The second-order valence-electron chi connectivity index (χ2n) is 4.59. The van der Waals surface area contributed by atoms with Crippen LogP contribution in [0.1, 0.15) is 18.1 Å². The molecule has 0 fully saturated rings. The van der Waals surface area contributed by atoms with Crippen molar-refractivity contribution in [2.24, 2.45) is 5.73 Å². The Balaban J connectivity index is 2.14. The van der Waals surface area contributed by atoms with Gasteiger partial charge in [0.1, 0.15) is 5.82 Å². The molecule has 4 heteroatoms. The van der Waals surface area contributed by atoms with Gasteiger partial charge in [-0.3, -0.25) is 0 Å². The highest BCUT2D eigenvalue weighted by molar-refractivity contribution is 9.10. The van der Waals surface area contributed by atoms with E-state index in [1.165, 1.54) is 11.6 Å². The second-order valence-corrected chi connectivity index (χ2v) is 5.38. The lowest BCUT2D eigenvalue weighted by Crippen LogP contribution is -2.17. The summed E-state index contributed by atoms with van der Waals surface area (Å²) < 4.78 is 16.0. The highest BCUT2D eigenvalue weighted by Crippen LogP contribution is 2.21. The molecule has 0 aliphatic carbocycles. The van der Waals surface area contributed by atoms with E-state index in [2.05, 4.69) is 28.2 Å². The molecule has 2 N–H and O–H groups in total. The van der Waals surface area contributed by atoms with Gasteiger partial charge in [0.2, 0.25) is 0 Å². The average molecular weight is 311 g/mol. The smallest absolute Gasteiger partial charge is 0.137 e. The van der Waals surface area contributed by atoms with Gasteiger partial charge in [0.25, 0.3) is 0 Å². The fourth-order valence-corrected chi connectivity index (χ4v) is 2.34. The van der Waals surface area contributed by atoms with Gasteiger partial charge in [-0.15, -0.1) is 0 Å². The van der Waals surface area contributed by atoms with Crippen molar-refractivity contribution in [1.82, 2.24) is 4.57 Å². The number of benzene rings is 1. The number of nitrogens with two attached hydrogens (primary N) is 1. The van der Waals surface area contributed by atoms with Crippen LogP contribution < -0.4 is 5.73 Å². The Bertz CT molecular complexity index is 534. The number of hydrogen-bond donors (Lipinski definition) is 1. The van der Waals surface area contributed by atoms with Crippen LogP contribution in [0.2, 0.25) is 0 Å². The predicted molar refractivity (Wildman–Crippen MR) is 75.0 cm³/mol. The highest BCUT2D eigenvalue weighted by atomic mass is 79.9. The first-order chi connectivity index (χ1) is 8.56. The van der Waals surface area contributed by atoms with E-state index < -0.39 is 0 Å². The van der Waals surface area contributed by atoms with E-state index in [4.69, 9.17) is 5.73 Å². The number of aromatic nitrogens is 1. The van der Waals surface area contributed by atoms with Crippen molar-refractivity contribution in [1.29, 1.82) is 0 Å². The second kappa shape index (κ2) is 5.67. The van der Waals surface area contributed by atoms with E-state index in [-0.39, 0.29) is 11.9 Å². The summed E-state index contributed by atoms with van der Waals surface area (Å²) in [6.07, 6.45) is 4.91. The van der Waals surface area contributed by atoms with Crippen molar-refractivity contribution in [2.45, 2.75) is 25.9 Å². The lowest BCUT2D eigenvalue weighted by atomic mass is 10.1. The summed E-state index contributed by atoms with van der Waals surface area (Å²) in [5, 5.41) is 0. The molecule has 1 unspecified atom stereocenters. The van der Waals surface area contributed by atoms with Gasteiger partial charge in [0, 0.05) is 25.0 Å². The van der Waals surface area contributed by atoms with Gasteiger partial charge in [-0.05, 0) is 52.5 Å². The van der Waals surface area contributed by atoms with Crippen LogP contribution in [0.25, 0.3) is 0 Å². The Morgan fingerprint density at radius 2 is 2.17 bits per heavy atom. The quantitative estimate of drug-likeness (QED) is 0.922. The molecule has 1 aromatic carbocycles. The van der Waals surface area contributed by atoms with E-state index in [1.807, 2.05) is 23.8 Å². The maximum Gasteiger partial charge on any atom is 0.137 e. The third-order valence-electron chi connectivity index (χ3n) is 2.75. The Morgan fingerprint density at radius 1 is 1.39 bits per heavy atom. The first kappa shape index (κ1) is 13.3. The third kappa shape index (κ3) is 3.21. The number of hydrogen-bond acceptors (Lipinski definition) is 1. The zero-order chi connectivity index (χ0) is 13.1. The molecule has 2 nitrogen and oxygen atoms in total. The summed E-state index contributed by atoms with van der Waals surface area (Å²) in [6, 6.07) is 7.29. The van der Waals surface area contributed by atoms with Gasteiger partial charge in [-0.2, -0.15) is 0 Å². The molecule has 0 amide bonds. The molecule has 0 radical (unpaired) electrons. The lowest BCUT2D eigenvalue weighted by molar-refractivity contribution is 0.616. The van der Waals surface area contributed by atoms with Crippen LogP contribution in [-0.2, 0) is 13.0 Å². The minimum absolute atomic E-state index is 0.154. The standard InChI is InChI=1S/C14H16BrFN2/c1-10(17)7-11-5-6-18(8-11)9-12-3-2-4-13(16)14(12)15/h2-6,8,10H,7,9,17H2,1H3. The van der Waals surface area contributed by atoms with Crippen LogP contribution in [-0.4, -0.2) is 10.6 Å². The fourth-order valence-electron chi connectivity index (χ4n) is 1.95. The van der Waals surface area contributed by atoms with Crippen LogP contribution in [0.4, 0.5) is 4.39 Å². The fraction of sp³-hybridized carbons (Fsp3) is 0.286. The topological polar surface area (TPSA) is 30.9 Å². The van der Waals surface area contributed by atoms with Crippen LogP contribution in [0.3, 0.4) is 0 Å². The zero-order valence-electron chi connectivity index (χ0n) is 10.2. The molecule has 2 rings (SSSR count). The van der Waals surface area contributed by atoms with Gasteiger partial charge >= 0.3 is 0 Å². The van der Waals surface area contributed by atoms with Crippen LogP contribution >= 0.6 is 15.9 Å². The summed E-state index contributed by atoms with van der Waals surface area (Å²) in [5.41, 5.74) is 7.90. The van der Waals surface area contributed by atoms with Crippen molar-refractivity contribution in [3.63, 3.8) is 0 Å².